The van der Waals surface area contributed by atoms with Crippen molar-refractivity contribution in [3.63, 3.8) is 0 Å². The Labute approximate surface area is 193 Å². The van der Waals surface area contributed by atoms with Crippen molar-refractivity contribution in [1.29, 1.82) is 0 Å². The van der Waals surface area contributed by atoms with E-state index in [1.807, 2.05) is 70.5 Å². The Kier molecular flexibility index (Phi) is 6.21. The number of hydrogen-bond donors (Lipinski definition) is 1. The van der Waals surface area contributed by atoms with Crippen LogP contribution in [-0.4, -0.2) is 82.5 Å². The van der Waals surface area contributed by atoms with Crippen LogP contribution in [0, 0.1) is 0 Å². The maximum absolute atomic E-state index is 12.9. The fraction of sp³-hybridized carbons (Fsp3) is 0.346. The third-order valence-corrected chi connectivity index (χ3v) is 6.57. The van der Waals surface area contributed by atoms with Gasteiger partial charge in [-0.1, -0.05) is 36.4 Å². The average molecular weight is 444 g/mol. The van der Waals surface area contributed by atoms with Crippen molar-refractivity contribution in [3.8, 4) is 0 Å². The number of carbonyl (C=O) groups is 2. The predicted octanol–water partition coefficient (Wildman–Crippen LogP) is 3.11. The van der Waals surface area contributed by atoms with E-state index < -0.39 is 0 Å². The monoisotopic (exact) mass is 443 g/mol. The molecule has 1 N–H and O–H groups in total. The number of hydrogen-bond acceptors (Lipinski definition) is 4. The number of nitrogens with zero attached hydrogens (tertiary/aromatic N) is 4. The van der Waals surface area contributed by atoms with Gasteiger partial charge in [0.2, 0.25) is 5.91 Å². The Hall–Kier alpha value is -3.45. The van der Waals surface area contributed by atoms with E-state index >= 15 is 0 Å². The topological polar surface area (TPSA) is 72.5 Å². The standard InChI is InChI=1S/C26H29N5O2/c32-25(30-13-3-4-14-30)19-29-15-17-31(18-16-29)26(33)21-10-7-20(8-11-21)9-12-24-22-5-1-2-6-23(22)27-28-24/h1-2,5-12H,3-4,13-19H2,(H,27,28). The van der Waals surface area contributed by atoms with Crippen molar-refractivity contribution in [2.24, 2.45) is 0 Å². The Balaban J connectivity index is 1.15. The number of H-pyrrole nitrogens is 1. The summed E-state index contributed by atoms with van der Waals surface area (Å²) < 4.78 is 0. The third kappa shape index (κ3) is 4.83. The van der Waals surface area contributed by atoms with E-state index in [9.17, 15) is 9.59 Å². The van der Waals surface area contributed by atoms with Crippen molar-refractivity contribution in [3.05, 3.63) is 65.4 Å². The highest BCUT2D eigenvalue weighted by Crippen LogP contribution is 2.18. The Bertz CT molecular complexity index is 1150. The number of fused-ring (bicyclic) bond motifs is 1. The fourth-order valence-corrected chi connectivity index (χ4v) is 4.57. The number of aromatic nitrogens is 2. The highest BCUT2D eigenvalue weighted by Gasteiger charge is 2.25. The Morgan fingerprint density at radius 2 is 1.58 bits per heavy atom. The molecule has 2 saturated heterocycles. The number of piperazine rings is 1. The summed E-state index contributed by atoms with van der Waals surface area (Å²) >= 11 is 0. The molecule has 2 fully saturated rings. The minimum Gasteiger partial charge on any atom is -0.342 e. The molecule has 2 amide bonds. The van der Waals surface area contributed by atoms with Crippen LogP contribution in [-0.2, 0) is 4.79 Å². The summed E-state index contributed by atoms with van der Waals surface area (Å²) in [5, 5.41) is 8.48. The fourth-order valence-electron chi connectivity index (χ4n) is 4.57. The molecule has 7 heteroatoms. The van der Waals surface area contributed by atoms with Gasteiger partial charge in [-0.05, 0) is 42.7 Å². The molecule has 2 aromatic carbocycles. The molecule has 2 aliphatic heterocycles. The van der Waals surface area contributed by atoms with Crippen LogP contribution in [0.5, 0.6) is 0 Å². The van der Waals surface area contributed by atoms with Crippen LogP contribution in [0.2, 0.25) is 0 Å². The molecule has 0 saturated carbocycles. The van der Waals surface area contributed by atoms with Gasteiger partial charge >= 0.3 is 0 Å². The van der Waals surface area contributed by atoms with E-state index in [-0.39, 0.29) is 11.8 Å². The first-order valence-electron chi connectivity index (χ1n) is 11.7. The van der Waals surface area contributed by atoms with Crippen molar-refractivity contribution in [1.82, 2.24) is 24.9 Å². The van der Waals surface area contributed by atoms with Gasteiger partial charge < -0.3 is 9.80 Å². The average Bonchev–Trinajstić information content (AvgIpc) is 3.54. The molecule has 0 bridgehead atoms. The van der Waals surface area contributed by atoms with Crippen LogP contribution in [0.1, 0.15) is 34.5 Å². The summed E-state index contributed by atoms with van der Waals surface area (Å²) in [6.07, 6.45) is 6.22. The minimum atomic E-state index is 0.0503. The lowest BCUT2D eigenvalue weighted by molar-refractivity contribution is -0.131. The normalized spacial score (nSPS) is 17.3. The number of nitrogens with one attached hydrogen (secondary N) is 1. The molecule has 0 atom stereocenters. The number of para-hydroxylation sites is 1. The van der Waals surface area contributed by atoms with Crippen LogP contribution >= 0.6 is 0 Å². The molecule has 2 aliphatic rings. The molecule has 3 heterocycles. The summed E-state index contributed by atoms with van der Waals surface area (Å²) in [4.78, 5) is 31.3. The summed E-state index contributed by atoms with van der Waals surface area (Å²) in [6.45, 7) is 5.03. The lowest BCUT2D eigenvalue weighted by Crippen LogP contribution is -2.51. The second-order valence-corrected chi connectivity index (χ2v) is 8.77. The Morgan fingerprint density at radius 3 is 2.33 bits per heavy atom. The van der Waals surface area contributed by atoms with Crippen molar-refractivity contribution < 1.29 is 9.59 Å². The first-order valence-corrected chi connectivity index (χ1v) is 11.7. The van der Waals surface area contributed by atoms with Gasteiger partial charge in [0, 0.05) is 50.2 Å². The van der Waals surface area contributed by atoms with Gasteiger partial charge in [-0.25, -0.2) is 0 Å². The number of aromatic amines is 1. The van der Waals surface area contributed by atoms with Gasteiger partial charge in [0.15, 0.2) is 0 Å². The van der Waals surface area contributed by atoms with Crippen molar-refractivity contribution in [2.75, 3.05) is 45.8 Å². The summed E-state index contributed by atoms with van der Waals surface area (Å²) in [7, 11) is 0. The molecule has 7 nitrogen and oxygen atoms in total. The smallest absolute Gasteiger partial charge is 0.253 e. The quantitative estimate of drug-likeness (QED) is 0.658. The van der Waals surface area contributed by atoms with E-state index in [1.165, 1.54) is 0 Å². The number of rotatable bonds is 5. The van der Waals surface area contributed by atoms with Gasteiger partial charge in [-0.3, -0.25) is 19.6 Å². The lowest BCUT2D eigenvalue weighted by atomic mass is 10.1. The molecule has 170 valence electrons. The zero-order valence-corrected chi connectivity index (χ0v) is 18.7. The molecule has 1 aromatic heterocycles. The molecule has 5 rings (SSSR count). The van der Waals surface area contributed by atoms with Gasteiger partial charge in [0.05, 0.1) is 17.8 Å². The second-order valence-electron chi connectivity index (χ2n) is 8.77. The van der Waals surface area contributed by atoms with E-state index in [2.05, 4.69) is 15.1 Å². The number of carbonyl (C=O) groups excluding carboxylic acids is 2. The third-order valence-electron chi connectivity index (χ3n) is 6.57. The molecule has 0 spiro atoms. The lowest BCUT2D eigenvalue weighted by Gasteiger charge is -2.35. The minimum absolute atomic E-state index is 0.0503. The first kappa shape index (κ1) is 21.4. The highest BCUT2D eigenvalue weighted by atomic mass is 16.2. The Morgan fingerprint density at radius 1 is 0.848 bits per heavy atom. The van der Waals surface area contributed by atoms with E-state index in [0.29, 0.717) is 25.2 Å². The summed E-state index contributed by atoms with van der Waals surface area (Å²) in [6, 6.07) is 15.7. The largest absolute Gasteiger partial charge is 0.342 e. The van der Waals surface area contributed by atoms with Crippen LogP contribution in [0.25, 0.3) is 23.1 Å². The van der Waals surface area contributed by atoms with Gasteiger partial charge in [0.25, 0.3) is 5.91 Å². The zero-order chi connectivity index (χ0) is 22.6. The van der Waals surface area contributed by atoms with Crippen LogP contribution in [0.15, 0.2) is 48.5 Å². The van der Waals surface area contributed by atoms with E-state index in [1.54, 1.807) is 0 Å². The second kappa shape index (κ2) is 9.58. The highest BCUT2D eigenvalue weighted by molar-refractivity contribution is 5.95. The summed E-state index contributed by atoms with van der Waals surface area (Å²) in [5.41, 5.74) is 3.62. The maximum atomic E-state index is 12.9. The van der Waals surface area contributed by atoms with Crippen LogP contribution in [0.4, 0.5) is 0 Å². The van der Waals surface area contributed by atoms with Gasteiger partial charge in [-0.2, -0.15) is 5.10 Å². The summed E-state index contributed by atoms with van der Waals surface area (Å²) in [5.74, 6) is 0.271. The molecular formula is C26H29N5O2. The maximum Gasteiger partial charge on any atom is 0.253 e. The van der Waals surface area contributed by atoms with Gasteiger partial charge in [0.1, 0.15) is 0 Å². The molecule has 33 heavy (non-hydrogen) atoms. The first-order chi connectivity index (χ1) is 16.2. The molecule has 0 unspecified atom stereocenters. The number of likely N-dealkylation sites (tertiary alicyclic amines) is 1. The molecule has 0 aliphatic carbocycles. The SMILES string of the molecule is O=C(CN1CCN(C(=O)c2ccc(C=Cc3n[nH]c4ccccc34)cc2)CC1)N1CCCC1. The van der Waals surface area contributed by atoms with Gasteiger partial charge in [-0.15, -0.1) is 0 Å². The predicted molar refractivity (Wildman–Crippen MR) is 130 cm³/mol. The van der Waals surface area contributed by atoms with Crippen LogP contribution < -0.4 is 0 Å². The van der Waals surface area contributed by atoms with E-state index in [4.69, 9.17) is 0 Å². The molecule has 0 radical (unpaired) electrons. The number of benzene rings is 2. The number of amides is 2. The van der Waals surface area contributed by atoms with Crippen molar-refractivity contribution >= 4 is 34.9 Å². The zero-order valence-electron chi connectivity index (χ0n) is 18.7. The van der Waals surface area contributed by atoms with Crippen LogP contribution in [0.3, 0.4) is 0 Å². The van der Waals surface area contributed by atoms with Crippen molar-refractivity contribution in [2.45, 2.75) is 12.8 Å². The van der Waals surface area contributed by atoms with E-state index in [0.717, 1.165) is 61.2 Å². The molecular weight excluding hydrogens is 414 g/mol. The molecule has 3 aromatic rings.